The van der Waals surface area contributed by atoms with E-state index in [1.807, 2.05) is 0 Å². The van der Waals surface area contributed by atoms with Crippen LogP contribution in [0.25, 0.3) is 0 Å². The van der Waals surface area contributed by atoms with Gasteiger partial charge in [-0.15, -0.1) is 0 Å². The lowest BCUT2D eigenvalue weighted by Crippen LogP contribution is -2.62. The third kappa shape index (κ3) is 43.7. The van der Waals surface area contributed by atoms with Crippen LogP contribution in [0, 0.1) is 0 Å². The SMILES string of the molecule is CCCCCCCCCCCCCCCCCC(=O)OC[C@H](COP(=O)(O)OCCCC(=O)CCCCC1(N(CC(=O)O)CC(=O)O)CN(CC(=O)O)CCN(CC(=O)O)C1)OC(=O)CCCCCCCCCCCCCCCCC. The van der Waals surface area contributed by atoms with Crippen LogP contribution in [0.2, 0.25) is 0 Å². The summed E-state index contributed by atoms with van der Waals surface area (Å²) in [7, 11) is -4.72. The van der Waals surface area contributed by atoms with Crippen molar-refractivity contribution in [2.45, 2.75) is 269 Å². The summed E-state index contributed by atoms with van der Waals surface area (Å²) in [5, 5.41) is 38.7. The lowest BCUT2D eigenvalue weighted by Gasteiger charge is -2.45. The Balaban J connectivity index is 2.69. The molecule has 1 fully saturated rings. The fourth-order valence-electron chi connectivity index (χ4n) is 10.7. The largest absolute Gasteiger partial charge is 0.480 e. The van der Waals surface area contributed by atoms with Gasteiger partial charge in [-0.3, -0.25) is 57.3 Å². The van der Waals surface area contributed by atoms with Crippen LogP contribution in [0.5, 0.6) is 0 Å². The molecule has 1 heterocycles. The molecule has 0 spiro atoms. The van der Waals surface area contributed by atoms with Gasteiger partial charge in [0.1, 0.15) is 12.4 Å². The van der Waals surface area contributed by atoms with Crippen molar-refractivity contribution in [1.82, 2.24) is 14.7 Å². The Bertz CT molecular complexity index is 1710. The first-order valence-electron chi connectivity index (χ1n) is 31.5. The van der Waals surface area contributed by atoms with Gasteiger partial charge in [0.25, 0.3) is 0 Å². The van der Waals surface area contributed by atoms with Crippen LogP contribution >= 0.6 is 7.82 Å². The molecule has 0 bridgehead atoms. The number of unbranched alkanes of at least 4 members (excludes halogenated alkanes) is 29. The van der Waals surface area contributed by atoms with Gasteiger partial charge in [0, 0.05) is 57.4 Å². The number of nitrogens with zero attached hydrogens (tertiary/aromatic N) is 3. The molecule has 1 aliphatic rings. The lowest BCUT2D eigenvalue weighted by molar-refractivity contribution is -0.161. The van der Waals surface area contributed by atoms with Gasteiger partial charge in [-0.25, -0.2) is 4.57 Å². The van der Waals surface area contributed by atoms with Crippen molar-refractivity contribution in [2.24, 2.45) is 0 Å². The zero-order chi connectivity index (χ0) is 59.8. The number of carboxylic acids is 4. The van der Waals surface area contributed by atoms with Crippen molar-refractivity contribution in [2.75, 3.05) is 72.2 Å². The van der Waals surface area contributed by atoms with E-state index >= 15 is 0 Å². The molecule has 81 heavy (non-hydrogen) atoms. The van der Waals surface area contributed by atoms with Crippen molar-refractivity contribution in [1.29, 1.82) is 0 Å². The first-order valence-corrected chi connectivity index (χ1v) is 32.9. The number of aliphatic carboxylic acids is 4. The minimum Gasteiger partial charge on any atom is -0.480 e. The number of esters is 2. The molecule has 2 atom stereocenters. The quantitative estimate of drug-likeness (QED) is 0.0215. The lowest BCUT2D eigenvalue weighted by atomic mass is 9.88. The molecule has 21 heteroatoms. The predicted octanol–water partition coefficient (Wildman–Crippen LogP) is 12.0. The molecule has 5 N–H and O–H groups in total. The molecule has 0 aromatic heterocycles. The molecule has 472 valence electrons. The third-order valence-electron chi connectivity index (χ3n) is 15.1. The van der Waals surface area contributed by atoms with Gasteiger partial charge in [0.15, 0.2) is 6.10 Å². The molecule has 0 aliphatic carbocycles. The first-order chi connectivity index (χ1) is 38.9. The Morgan fingerprint density at radius 3 is 1.23 bits per heavy atom. The van der Waals surface area contributed by atoms with Crippen LogP contribution in [-0.4, -0.2) is 165 Å². The summed E-state index contributed by atoms with van der Waals surface area (Å²) in [6.45, 7) is 1.08. The first kappa shape index (κ1) is 75.5. The van der Waals surface area contributed by atoms with E-state index in [9.17, 15) is 63.4 Å². The summed E-state index contributed by atoms with van der Waals surface area (Å²) in [4.78, 5) is 101. The summed E-state index contributed by atoms with van der Waals surface area (Å²) >= 11 is 0. The number of hydrogen-bond acceptors (Lipinski definition) is 15. The second-order valence-electron chi connectivity index (χ2n) is 22.7. The number of carbonyl (C=O) groups is 7. The number of ether oxygens (including phenoxy) is 2. The van der Waals surface area contributed by atoms with Gasteiger partial charge in [-0.2, -0.15) is 0 Å². The van der Waals surface area contributed by atoms with Crippen LogP contribution in [0.3, 0.4) is 0 Å². The smallest absolute Gasteiger partial charge is 0.472 e. The normalized spacial score (nSPS) is 15.0. The monoisotopic (exact) mass is 1180 g/mol. The van der Waals surface area contributed by atoms with E-state index in [2.05, 4.69) is 13.8 Å². The van der Waals surface area contributed by atoms with Gasteiger partial charge < -0.3 is 34.8 Å². The molecule has 1 rings (SSSR count). The highest BCUT2D eigenvalue weighted by Crippen LogP contribution is 2.43. The second-order valence-corrected chi connectivity index (χ2v) is 24.2. The van der Waals surface area contributed by atoms with E-state index in [1.54, 1.807) is 0 Å². The molecule has 1 unspecified atom stereocenters. The van der Waals surface area contributed by atoms with Gasteiger partial charge >= 0.3 is 43.6 Å². The molecule has 1 saturated heterocycles. The van der Waals surface area contributed by atoms with E-state index in [0.29, 0.717) is 12.8 Å². The number of rotatable bonds is 57. The molecular formula is C60H110N3O17P. The number of hydrogen-bond donors (Lipinski definition) is 5. The van der Waals surface area contributed by atoms with E-state index < -0.39 is 88.1 Å². The predicted molar refractivity (Wildman–Crippen MR) is 312 cm³/mol. The number of phosphoric ester groups is 1. The topological polar surface area (TPSA) is 284 Å². The van der Waals surface area contributed by atoms with Crippen LogP contribution in [-0.2, 0) is 56.6 Å². The molecule has 0 aromatic rings. The summed E-state index contributed by atoms with van der Waals surface area (Å²) in [6, 6.07) is 0. The fraction of sp³-hybridized carbons (Fsp3) is 0.883. The zero-order valence-corrected chi connectivity index (χ0v) is 51.0. The van der Waals surface area contributed by atoms with E-state index in [-0.39, 0.29) is 96.5 Å². The maximum Gasteiger partial charge on any atom is 0.472 e. The third-order valence-corrected chi connectivity index (χ3v) is 16.1. The highest BCUT2D eigenvalue weighted by Gasteiger charge is 2.43. The van der Waals surface area contributed by atoms with Crippen molar-refractivity contribution >= 4 is 49.4 Å². The molecule has 0 saturated carbocycles. The van der Waals surface area contributed by atoms with Crippen molar-refractivity contribution in [3.63, 3.8) is 0 Å². The minimum atomic E-state index is -4.72. The van der Waals surface area contributed by atoms with Gasteiger partial charge in [0.2, 0.25) is 0 Å². The van der Waals surface area contributed by atoms with Gasteiger partial charge in [-0.05, 0) is 32.1 Å². The van der Waals surface area contributed by atoms with E-state index in [1.165, 1.54) is 156 Å². The Labute approximate surface area is 486 Å². The number of carboxylic acid groups (broad SMARTS) is 4. The highest BCUT2D eigenvalue weighted by atomic mass is 31.2. The number of ketones is 1. The van der Waals surface area contributed by atoms with Crippen molar-refractivity contribution < 1.29 is 82.0 Å². The maximum absolute atomic E-state index is 13.0. The number of phosphoric acid groups is 1. The van der Waals surface area contributed by atoms with Crippen molar-refractivity contribution in [3.8, 4) is 0 Å². The Morgan fingerprint density at radius 2 is 0.840 bits per heavy atom. The molecule has 20 nitrogen and oxygen atoms in total. The molecule has 1 aliphatic heterocycles. The van der Waals surface area contributed by atoms with Crippen LogP contribution in [0.1, 0.15) is 258 Å². The fourth-order valence-corrected chi connectivity index (χ4v) is 11.5. The number of Topliss-reactive ketones (excluding diaryl/α,β-unsaturated/α-hetero) is 1. The average Bonchev–Trinajstić information content (AvgIpc) is 3.57. The van der Waals surface area contributed by atoms with Gasteiger partial charge in [0.05, 0.1) is 39.4 Å². The van der Waals surface area contributed by atoms with Crippen LogP contribution < -0.4 is 0 Å². The standard InChI is InChI=1S/C60H110N3O17P/c1-3-5-7-9-11-13-15-17-19-21-23-25-27-29-31-38-58(73)77-48-53(80-59(74)39-32-30-28-26-24-22-20-18-16-14-12-10-8-6-4-2)49-79-81(75,76)78-43-35-37-52(64)36-33-34-40-60(63(46-56(69)70)47-57(71)72)50-61(44-54(65)66)41-42-62(51-60)45-55(67)68/h53H,3-51H2,1-2H3,(H,65,66)(H,67,68)(H,69,70)(H,71,72)(H,75,76)/t53-/m1/s1. The maximum atomic E-state index is 13.0. The Morgan fingerprint density at radius 1 is 0.469 bits per heavy atom. The Hall–Kier alpha value is -3.52. The molecule has 0 aromatic carbocycles. The summed E-state index contributed by atoms with van der Waals surface area (Å²) in [5.41, 5.74) is -1.30. The molecule has 0 amide bonds. The van der Waals surface area contributed by atoms with E-state index in [0.717, 1.165) is 38.5 Å². The van der Waals surface area contributed by atoms with Crippen LogP contribution in [0.15, 0.2) is 0 Å². The zero-order valence-electron chi connectivity index (χ0n) is 50.1. The Kier molecular flexibility index (Phi) is 45.5. The molecular weight excluding hydrogens is 1070 g/mol. The summed E-state index contributed by atoms with van der Waals surface area (Å²) in [5.74, 6) is -6.20. The summed E-state index contributed by atoms with van der Waals surface area (Å²) in [6.07, 6.45) is 35.6. The highest BCUT2D eigenvalue weighted by molar-refractivity contribution is 7.47. The van der Waals surface area contributed by atoms with E-state index in [4.69, 9.17) is 18.5 Å². The van der Waals surface area contributed by atoms with Gasteiger partial charge in [-0.1, -0.05) is 200 Å². The average molecular weight is 1180 g/mol. The number of carbonyl (C=O) groups excluding carboxylic acids is 3. The van der Waals surface area contributed by atoms with Crippen molar-refractivity contribution in [3.05, 3.63) is 0 Å². The molecule has 0 radical (unpaired) electrons. The summed E-state index contributed by atoms with van der Waals surface area (Å²) < 4.78 is 34.4. The minimum absolute atomic E-state index is 0.0388. The van der Waals surface area contributed by atoms with Crippen LogP contribution in [0.4, 0.5) is 0 Å². The second kappa shape index (κ2) is 48.8.